The standard InChI is InChI=1S/C14H12N4O2/c1-2-15-14(16-5-9-6-17-18-7-9)11-4-13-12(3-10(1)11)19-8-20-13/h1-4,6-7H,5,8H2,(H,15,16)(H,17,18). The highest BCUT2D eigenvalue weighted by molar-refractivity contribution is 5.94. The molecule has 0 aliphatic carbocycles. The molecule has 20 heavy (non-hydrogen) atoms. The van der Waals surface area contributed by atoms with E-state index < -0.39 is 0 Å². The summed E-state index contributed by atoms with van der Waals surface area (Å²) in [5, 5.41) is 12.1. The van der Waals surface area contributed by atoms with Gasteiger partial charge in [-0.25, -0.2) is 4.98 Å². The number of ether oxygens (including phenoxy) is 2. The Balaban J connectivity index is 1.71. The van der Waals surface area contributed by atoms with Gasteiger partial charge in [0.15, 0.2) is 11.5 Å². The number of nitrogens with one attached hydrogen (secondary N) is 2. The first-order valence-electron chi connectivity index (χ1n) is 6.30. The van der Waals surface area contributed by atoms with Gasteiger partial charge in [0.1, 0.15) is 5.82 Å². The molecule has 1 aromatic carbocycles. The molecule has 2 aromatic heterocycles. The quantitative estimate of drug-likeness (QED) is 0.762. The van der Waals surface area contributed by atoms with Crippen LogP contribution in [0.3, 0.4) is 0 Å². The summed E-state index contributed by atoms with van der Waals surface area (Å²) in [6.45, 7) is 0.938. The van der Waals surface area contributed by atoms with Gasteiger partial charge in [-0.2, -0.15) is 5.10 Å². The van der Waals surface area contributed by atoms with Crippen molar-refractivity contribution in [2.75, 3.05) is 12.1 Å². The van der Waals surface area contributed by atoms with Gasteiger partial charge in [-0.3, -0.25) is 5.10 Å². The molecule has 3 aromatic rings. The van der Waals surface area contributed by atoms with Gasteiger partial charge in [0.05, 0.1) is 6.20 Å². The highest BCUT2D eigenvalue weighted by Crippen LogP contribution is 2.37. The smallest absolute Gasteiger partial charge is 0.231 e. The second-order valence-corrected chi connectivity index (χ2v) is 4.55. The molecule has 0 fully saturated rings. The third kappa shape index (κ3) is 1.82. The molecule has 0 unspecified atom stereocenters. The predicted molar refractivity (Wildman–Crippen MR) is 73.8 cm³/mol. The lowest BCUT2D eigenvalue weighted by atomic mass is 10.1. The maximum absolute atomic E-state index is 5.42. The van der Waals surface area contributed by atoms with Crippen LogP contribution in [0.1, 0.15) is 5.56 Å². The van der Waals surface area contributed by atoms with Crippen molar-refractivity contribution in [2.45, 2.75) is 6.54 Å². The highest BCUT2D eigenvalue weighted by atomic mass is 16.7. The Morgan fingerprint density at radius 1 is 1.25 bits per heavy atom. The predicted octanol–water partition coefficient (Wildman–Crippen LogP) is 2.30. The molecule has 1 aliphatic heterocycles. The van der Waals surface area contributed by atoms with Crippen LogP contribution in [0.5, 0.6) is 11.5 Å². The van der Waals surface area contributed by atoms with Crippen molar-refractivity contribution in [3.8, 4) is 11.5 Å². The first-order chi connectivity index (χ1) is 9.90. The molecule has 4 rings (SSSR count). The van der Waals surface area contributed by atoms with E-state index in [2.05, 4.69) is 20.5 Å². The van der Waals surface area contributed by atoms with E-state index in [-0.39, 0.29) is 6.79 Å². The molecule has 0 bridgehead atoms. The molecule has 2 N–H and O–H groups in total. The van der Waals surface area contributed by atoms with Crippen molar-refractivity contribution in [1.29, 1.82) is 0 Å². The van der Waals surface area contributed by atoms with Crippen molar-refractivity contribution >= 4 is 16.6 Å². The Morgan fingerprint density at radius 2 is 2.15 bits per heavy atom. The van der Waals surface area contributed by atoms with E-state index in [9.17, 15) is 0 Å². The number of fused-ring (bicyclic) bond motifs is 2. The lowest BCUT2D eigenvalue weighted by Crippen LogP contribution is -2.01. The number of H-pyrrole nitrogens is 1. The van der Waals surface area contributed by atoms with Crippen LogP contribution < -0.4 is 14.8 Å². The molecule has 6 heteroatoms. The number of hydrogen-bond acceptors (Lipinski definition) is 5. The highest BCUT2D eigenvalue weighted by Gasteiger charge is 2.15. The van der Waals surface area contributed by atoms with Crippen molar-refractivity contribution < 1.29 is 9.47 Å². The fourth-order valence-electron chi connectivity index (χ4n) is 2.26. The van der Waals surface area contributed by atoms with Gasteiger partial charge in [0.2, 0.25) is 6.79 Å². The number of hydrogen-bond donors (Lipinski definition) is 2. The summed E-state index contributed by atoms with van der Waals surface area (Å²) in [6, 6.07) is 5.89. The number of pyridine rings is 1. The normalized spacial score (nSPS) is 12.8. The minimum atomic E-state index is 0.275. The monoisotopic (exact) mass is 268 g/mol. The molecule has 0 amide bonds. The number of aromatic nitrogens is 3. The lowest BCUT2D eigenvalue weighted by Gasteiger charge is -2.08. The van der Waals surface area contributed by atoms with Crippen molar-refractivity contribution in [3.63, 3.8) is 0 Å². The Bertz CT molecular complexity index is 755. The fourth-order valence-corrected chi connectivity index (χ4v) is 2.26. The summed E-state index contributed by atoms with van der Waals surface area (Å²) in [6.07, 6.45) is 5.42. The van der Waals surface area contributed by atoms with Gasteiger partial charge in [-0.15, -0.1) is 0 Å². The zero-order valence-electron chi connectivity index (χ0n) is 10.6. The number of rotatable bonds is 3. The summed E-state index contributed by atoms with van der Waals surface area (Å²) < 4.78 is 10.8. The molecule has 0 saturated heterocycles. The average Bonchev–Trinajstić information content (AvgIpc) is 3.13. The van der Waals surface area contributed by atoms with Crippen LogP contribution in [0.15, 0.2) is 36.8 Å². The van der Waals surface area contributed by atoms with Gasteiger partial charge in [0.25, 0.3) is 0 Å². The Kier molecular flexibility index (Phi) is 2.45. The molecule has 0 atom stereocenters. The zero-order chi connectivity index (χ0) is 13.4. The Morgan fingerprint density at radius 3 is 3.00 bits per heavy atom. The first kappa shape index (κ1) is 11.1. The third-order valence-corrected chi connectivity index (χ3v) is 3.27. The Labute approximate surface area is 114 Å². The molecule has 0 spiro atoms. The van der Waals surface area contributed by atoms with E-state index in [1.165, 1.54) is 0 Å². The van der Waals surface area contributed by atoms with Gasteiger partial charge in [-0.05, 0) is 23.6 Å². The van der Waals surface area contributed by atoms with Gasteiger partial charge >= 0.3 is 0 Å². The van der Waals surface area contributed by atoms with E-state index in [1.807, 2.05) is 24.4 Å². The van der Waals surface area contributed by atoms with E-state index in [4.69, 9.17) is 9.47 Å². The van der Waals surface area contributed by atoms with E-state index in [1.54, 1.807) is 12.4 Å². The number of nitrogens with zero attached hydrogens (tertiary/aromatic N) is 2. The largest absolute Gasteiger partial charge is 0.454 e. The average molecular weight is 268 g/mol. The van der Waals surface area contributed by atoms with E-state index in [0.717, 1.165) is 33.7 Å². The lowest BCUT2D eigenvalue weighted by molar-refractivity contribution is 0.174. The number of benzene rings is 1. The first-order valence-corrected chi connectivity index (χ1v) is 6.30. The van der Waals surface area contributed by atoms with Crippen LogP contribution in [0.25, 0.3) is 10.8 Å². The molecular formula is C14H12N4O2. The maximum Gasteiger partial charge on any atom is 0.231 e. The van der Waals surface area contributed by atoms with Crippen molar-refractivity contribution in [1.82, 2.24) is 15.2 Å². The van der Waals surface area contributed by atoms with Crippen LogP contribution >= 0.6 is 0 Å². The van der Waals surface area contributed by atoms with E-state index >= 15 is 0 Å². The zero-order valence-corrected chi connectivity index (χ0v) is 10.6. The molecule has 3 heterocycles. The second kappa shape index (κ2) is 4.41. The summed E-state index contributed by atoms with van der Waals surface area (Å²) in [5.41, 5.74) is 1.07. The fraction of sp³-hybridized carbons (Fsp3) is 0.143. The molecule has 0 radical (unpaired) electrons. The van der Waals surface area contributed by atoms with Gasteiger partial charge in [0, 0.05) is 29.9 Å². The topological polar surface area (TPSA) is 72.1 Å². The SMILES string of the molecule is c1cc2cc3c(cc2c(NCc2cn[nH]c2)n1)OCO3. The Hall–Kier alpha value is -2.76. The molecule has 0 saturated carbocycles. The summed E-state index contributed by atoms with van der Waals surface area (Å²) in [7, 11) is 0. The van der Waals surface area contributed by atoms with Crippen LogP contribution in [-0.2, 0) is 6.54 Å². The maximum atomic E-state index is 5.42. The van der Waals surface area contributed by atoms with E-state index in [0.29, 0.717) is 6.54 Å². The minimum Gasteiger partial charge on any atom is -0.454 e. The van der Waals surface area contributed by atoms with Crippen molar-refractivity contribution in [2.24, 2.45) is 0 Å². The van der Waals surface area contributed by atoms with Crippen LogP contribution in [-0.4, -0.2) is 22.0 Å². The summed E-state index contributed by atoms with van der Waals surface area (Å²) in [4.78, 5) is 4.39. The van der Waals surface area contributed by atoms with Crippen LogP contribution in [0.4, 0.5) is 5.82 Å². The summed E-state index contributed by atoms with van der Waals surface area (Å²) in [5.74, 6) is 2.36. The molecular weight excluding hydrogens is 256 g/mol. The van der Waals surface area contributed by atoms with Crippen molar-refractivity contribution in [3.05, 3.63) is 42.4 Å². The molecule has 1 aliphatic rings. The van der Waals surface area contributed by atoms with Crippen LogP contribution in [0.2, 0.25) is 0 Å². The van der Waals surface area contributed by atoms with Gasteiger partial charge in [-0.1, -0.05) is 0 Å². The van der Waals surface area contributed by atoms with Gasteiger partial charge < -0.3 is 14.8 Å². The molecule has 6 nitrogen and oxygen atoms in total. The second-order valence-electron chi connectivity index (χ2n) is 4.55. The molecule has 100 valence electrons. The van der Waals surface area contributed by atoms with Crippen LogP contribution in [0, 0.1) is 0 Å². The summed E-state index contributed by atoms with van der Waals surface area (Å²) >= 11 is 0. The number of aromatic amines is 1. The number of anilines is 1. The third-order valence-electron chi connectivity index (χ3n) is 3.27. The minimum absolute atomic E-state index is 0.275.